The zero-order valence-corrected chi connectivity index (χ0v) is 16.9. The summed E-state index contributed by atoms with van der Waals surface area (Å²) in [5.74, 6) is 1.63. The third kappa shape index (κ3) is 4.21. The average molecular weight is 397 g/mol. The minimum atomic E-state index is -0.115. The summed E-state index contributed by atoms with van der Waals surface area (Å²) < 4.78 is 11.3. The molecule has 0 bridgehead atoms. The van der Waals surface area contributed by atoms with E-state index < -0.39 is 0 Å². The molecule has 4 rings (SSSR count). The van der Waals surface area contributed by atoms with E-state index in [4.69, 9.17) is 9.15 Å². The second kappa shape index (κ2) is 8.39. The number of benzene rings is 1. The number of nitrogens with zero attached hydrogens (tertiary/aromatic N) is 2. The van der Waals surface area contributed by atoms with Gasteiger partial charge in [-0.05, 0) is 49.2 Å². The molecule has 0 radical (unpaired) electrons. The van der Waals surface area contributed by atoms with Crippen LogP contribution < -0.4 is 10.2 Å². The summed E-state index contributed by atoms with van der Waals surface area (Å²) in [6.45, 7) is 7.60. The largest absolute Gasteiger partial charge is 0.465 e. The molecule has 2 aliphatic heterocycles. The molecule has 1 N–H and O–H groups in total. The molecular weight excluding hydrogens is 370 g/mol. The molecule has 0 saturated carbocycles. The summed E-state index contributed by atoms with van der Waals surface area (Å²) in [5, 5.41) is 3.07. The molecule has 3 heterocycles. The van der Waals surface area contributed by atoms with Crippen molar-refractivity contribution in [1.29, 1.82) is 0 Å². The van der Waals surface area contributed by atoms with Crippen LogP contribution in [0.5, 0.6) is 0 Å². The van der Waals surface area contributed by atoms with Crippen LogP contribution in [0.3, 0.4) is 0 Å². The molecule has 2 amide bonds. The highest BCUT2D eigenvalue weighted by atomic mass is 16.5. The number of morpholine rings is 1. The third-order valence-electron chi connectivity index (χ3n) is 5.65. The fourth-order valence-corrected chi connectivity index (χ4v) is 4.09. The highest BCUT2D eigenvalue weighted by Crippen LogP contribution is 2.29. The Labute approximate surface area is 170 Å². The second-order valence-electron chi connectivity index (χ2n) is 7.59. The molecule has 7 nitrogen and oxygen atoms in total. The zero-order chi connectivity index (χ0) is 20.4. The summed E-state index contributed by atoms with van der Waals surface area (Å²) in [4.78, 5) is 28.6. The number of ether oxygens (including phenoxy) is 1. The standard InChI is InChI=1S/C22H27N3O4/c1-15-3-6-21(29-15)20(24-9-11-28-12-10-24)14-23-22(27)18-4-5-19-17(13-18)7-8-25(19)16(2)26/h3-6,13,20H,7-12,14H2,1-2H3,(H,23,27). The van der Waals surface area contributed by atoms with Crippen LogP contribution in [0.1, 0.15) is 40.4 Å². The number of nitrogens with one attached hydrogen (secondary N) is 1. The number of hydrogen-bond donors (Lipinski definition) is 1. The molecule has 29 heavy (non-hydrogen) atoms. The Bertz CT molecular complexity index is 901. The van der Waals surface area contributed by atoms with Gasteiger partial charge in [-0.15, -0.1) is 0 Å². The van der Waals surface area contributed by atoms with E-state index in [1.165, 1.54) is 0 Å². The number of furan rings is 1. The van der Waals surface area contributed by atoms with Crippen LogP contribution in [-0.2, 0) is 16.0 Å². The van der Waals surface area contributed by atoms with Crippen LogP contribution in [0.4, 0.5) is 5.69 Å². The maximum absolute atomic E-state index is 12.8. The molecule has 0 spiro atoms. The number of anilines is 1. The first-order valence-electron chi connectivity index (χ1n) is 10.1. The van der Waals surface area contributed by atoms with E-state index in [-0.39, 0.29) is 17.9 Å². The minimum absolute atomic E-state index is 0.0285. The molecule has 1 unspecified atom stereocenters. The van der Waals surface area contributed by atoms with Gasteiger partial charge in [-0.25, -0.2) is 0 Å². The number of fused-ring (bicyclic) bond motifs is 1. The van der Waals surface area contributed by atoms with Gasteiger partial charge in [0.25, 0.3) is 5.91 Å². The summed E-state index contributed by atoms with van der Waals surface area (Å²) in [6, 6.07) is 9.46. The molecule has 1 saturated heterocycles. The minimum Gasteiger partial charge on any atom is -0.465 e. The highest BCUT2D eigenvalue weighted by Gasteiger charge is 2.27. The van der Waals surface area contributed by atoms with Crippen molar-refractivity contribution in [3.8, 4) is 0 Å². The van der Waals surface area contributed by atoms with Gasteiger partial charge in [-0.3, -0.25) is 14.5 Å². The number of hydrogen-bond acceptors (Lipinski definition) is 5. The lowest BCUT2D eigenvalue weighted by atomic mass is 10.1. The fraction of sp³-hybridized carbons (Fsp3) is 0.455. The second-order valence-corrected chi connectivity index (χ2v) is 7.59. The van der Waals surface area contributed by atoms with Crippen molar-refractivity contribution in [3.05, 3.63) is 53.0 Å². The quantitative estimate of drug-likeness (QED) is 0.838. The Kier molecular flexibility index (Phi) is 5.69. The van der Waals surface area contributed by atoms with Crippen LogP contribution in [0, 0.1) is 6.92 Å². The molecule has 1 fully saturated rings. The van der Waals surface area contributed by atoms with E-state index in [1.807, 2.05) is 31.2 Å². The maximum atomic E-state index is 12.8. The monoisotopic (exact) mass is 397 g/mol. The molecule has 1 aromatic carbocycles. The van der Waals surface area contributed by atoms with Crippen molar-refractivity contribution in [2.75, 3.05) is 44.3 Å². The molecule has 1 aromatic heterocycles. The number of rotatable bonds is 5. The van der Waals surface area contributed by atoms with Gasteiger partial charge in [0.2, 0.25) is 5.91 Å². The van der Waals surface area contributed by atoms with Gasteiger partial charge >= 0.3 is 0 Å². The van der Waals surface area contributed by atoms with Crippen LogP contribution in [0.15, 0.2) is 34.7 Å². The van der Waals surface area contributed by atoms with Crippen molar-refractivity contribution in [1.82, 2.24) is 10.2 Å². The van der Waals surface area contributed by atoms with Gasteiger partial charge in [-0.1, -0.05) is 0 Å². The number of carbonyl (C=O) groups excluding carboxylic acids is 2. The molecule has 0 aliphatic carbocycles. The molecular formula is C22H27N3O4. The summed E-state index contributed by atoms with van der Waals surface area (Å²) in [5.41, 5.74) is 2.57. The third-order valence-corrected chi connectivity index (χ3v) is 5.65. The van der Waals surface area contributed by atoms with E-state index in [9.17, 15) is 9.59 Å². The molecule has 7 heteroatoms. The van der Waals surface area contributed by atoms with Gasteiger partial charge < -0.3 is 19.4 Å². The fourth-order valence-electron chi connectivity index (χ4n) is 4.09. The summed E-state index contributed by atoms with van der Waals surface area (Å²) >= 11 is 0. The van der Waals surface area contributed by atoms with Crippen LogP contribution >= 0.6 is 0 Å². The van der Waals surface area contributed by atoms with Gasteiger partial charge in [-0.2, -0.15) is 0 Å². The first-order valence-corrected chi connectivity index (χ1v) is 10.1. The highest BCUT2D eigenvalue weighted by molar-refractivity contribution is 5.97. The van der Waals surface area contributed by atoms with Crippen molar-refractivity contribution >= 4 is 17.5 Å². The van der Waals surface area contributed by atoms with E-state index in [0.29, 0.717) is 31.9 Å². The van der Waals surface area contributed by atoms with E-state index in [1.54, 1.807) is 17.9 Å². The normalized spacial score (nSPS) is 17.8. The SMILES string of the molecule is CC(=O)N1CCc2cc(C(=O)NCC(c3ccc(C)o3)N3CCOCC3)ccc21. The molecule has 2 aromatic rings. The topological polar surface area (TPSA) is 75.0 Å². The first kappa shape index (κ1) is 19.7. The number of amides is 2. The molecule has 154 valence electrons. The first-order chi connectivity index (χ1) is 14.0. The predicted molar refractivity (Wildman–Crippen MR) is 109 cm³/mol. The van der Waals surface area contributed by atoms with E-state index in [2.05, 4.69) is 10.2 Å². The summed E-state index contributed by atoms with van der Waals surface area (Å²) in [7, 11) is 0. The lowest BCUT2D eigenvalue weighted by molar-refractivity contribution is -0.116. The lowest BCUT2D eigenvalue weighted by Gasteiger charge is -2.33. The smallest absolute Gasteiger partial charge is 0.251 e. The van der Waals surface area contributed by atoms with Gasteiger partial charge in [0.05, 0.1) is 19.3 Å². The predicted octanol–water partition coefficient (Wildman–Crippen LogP) is 2.30. The Morgan fingerprint density at radius 2 is 1.93 bits per heavy atom. The van der Waals surface area contributed by atoms with Gasteiger partial charge in [0, 0.05) is 44.4 Å². The average Bonchev–Trinajstić information content (AvgIpc) is 3.34. The van der Waals surface area contributed by atoms with Crippen molar-refractivity contribution in [3.63, 3.8) is 0 Å². The molecule has 1 atom stereocenters. The maximum Gasteiger partial charge on any atom is 0.251 e. The van der Waals surface area contributed by atoms with E-state index >= 15 is 0 Å². The Morgan fingerprint density at radius 1 is 1.14 bits per heavy atom. The van der Waals surface area contributed by atoms with Crippen LogP contribution in [0.2, 0.25) is 0 Å². The zero-order valence-electron chi connectivity index (χ0n) is 16.9. The summed E-state index contributed by atoms with van der Waals surface area (Å²) in [6.07, 6.45) is 0.776. The number of carbonyl (C=O) groups is 2. The van der Waals surface area contributed by atoms with Crippen molar-refractivity contribution < 1.29 is 18.7 Å². The van der Waals surface area contributed by atoms with Crippen LogP contribution in [0.25, 0.3) is 0 Å². The number of aryl methyl sites for hydroxylation is 1. The van der Waals surface area contributed by atoms with Crippen LogP contribution in [-0.4, -0.2) is 56.1 Å². The Morgan fingerprint density at radius 3 is 2.62 bits per heavy atom. The Balaban J connectivity index is 1.46. The molecule has 2 aliphatic rings. The van der Waals surface area contributed by atoms with Crippen molar-refractivity contribution in [2.24, 2.45) is 0 Å². The lowest BCUT2D eigenvalue weighted by Crippen LogP contribution is -2.43. The van der Waals surface area contributed by atoms with Gasteiger partial charge in [0.1, 0.15) is 11.5 Å². The van der Waals surface area contributed by atoms with E-state index in [0.717, 1.165) is 42.3 Å². The van der Waals surface area contributed by atoms with Crippen molar-refractivity contribution in [2.45, 2.75) is 26.3 Å². The van der Waals surface area contributed by atoms with Gasteiger partial charge in [0.15, 0.2) is 0 Å². The Hall–Kier alpha value is -2.64.